The van der Waals surface area contributed by atoms with Crippen LogP contribution in [-0.4, -0.2) is 29.7 Å². The van der Waals surface area contributed by atoms with E-state index in [1.807, 2.05) is 0 Å². The highest BCUT2D eigenvalue weighted by molar-refractivity contribution is 9.10. The second-order valence-corrected chi connectivity index (χ2v) is 10.7. The van der Waals surface area contributed by atoms with Gasteiger partial charge in [0.25, 0.3) is 0 Å². The minimum absolute atomic E-state index is 0.172. The fourth-order valence-electron chi connectivity index (χ4n) is 5.69. The summed E-state index contributed by atoms with van der Waals surface area (Å²) in [5.41, 5.74) is 0.579. The number of amides is 2. The molecule has 3 aromatic rings. The molecule has 0 aliphatic carbocycles. The monoisotopic (exact) mass is 600 g/mol. The third-order valence-corrected chi connectivity index (χ3v) is 8.06. The van der Waals surface area contributed by atoms with Crippen molar-refractivity contribution in [3.05, 3.63) is 99.0 Å². The molecule has 0 radical (unpaired) electrons. The summed E-state index contributed by atoms with van der Waals surface area (Å²) in [6, 6.07) is 14.2. The number of halogens is 5. The first-order valence-corrected chi connectivity index (χ1v) is 12.8. The number of imide groups is 1. The predicted octanol–water partition coefficient (Wildman–Crippen LogP) is 6.39. The van der Waals surface area contributed by atoms with Crippen molar-refractivity contribution >= 4 is 62.6 Å². The highest BCUT2D eigenvalue weighted by atomic mass is 79.9. The van der Waals surface area contributed by atoms with Crippen LogP contribution in [0.3, 0.4) is 0 Å². The third kappa shape index (κ3) is 3.79. The molecule has 2 fully saturated rings. The van der Waals surface area contributed by atoms with Crippen LogP contribution in [0.4, 0.5) is 24.5 Å². The maximum atomic E-state index is 14.0. The van der Waals surface area contributed by atoms with Crippen LogP contribution in [0.1, 0.15) is 21.5 Å². The largest absolute Gasteiger partial charge is 0.416 e. The topological polar surface area (TPSA) is 57.7 Å². The number of carbonyl (C=O) groups is 3. The molecule has 3 aliphatic rings. The van der Waals surface area contributed by atoms with Crippen LogP contribution in [0.15, 0.2) is 77.3 Å². The number of anilines is 2. The minimum atomic E-state index is -4.65. The Hall–Kier alpha value is -3.43. The molecule has 4 atom stereocenters. The molecule has 5 nitrogen and oxygen atoms in total. The number of fused-ring (bicyclic) bond motifs is 5. The van der Waals surface area contributed by atoms with E-state index < -0.39 is 47.5 Å². The highest BCUT2D eigenvalue weighted by Crippen LogP contribution is 2.50. The standard InChI is InChI=1S/C28H17BrClF3N2O3/c29-17-8-4-15(5-9-17)25(36)24-23-22(20-11-7-14-6-10-18(30)13-21(14)35(20)24)26(37)34(27(23)38)19-3-1-2-16(12-19)28(31,32)33/h1-13,20,22-24H. The molecule has 3 aromatic carbocycles. The number of Topliss-reactive ketones (excluding diaryl/α,β-unsaturated/α-hetero) is 1. The Morgan fingerprint density at radius 3 is 2.34 bits per heavy atom. The number of alkyl halides is 3. The lowest BCUT2D eigenvalue weighted by molar-refractivity contribution is -0.137. The minimum Gasteiger partial charge on any atom is -0.352 e. The maximum Gasteiger partial charge on any atom is 0.416 e. The van der Waals surface area contributed by atoms with E-state index >= 15 is 0 Å². The Balaban J connectivity index is 1.49. The maximum absolute atomic E-state index is 14.0. The van der Waals surface area contributed by atoms with Crippen molar-refractivity contribution in [3.8, 4) is 0 Å². The second kappa shape index (κ2) is 8.81. The Kier molecular flexibility index (Phi) is 5.77. The quantitative estimate of drug-likeness (QED) is 0.258. The Morgan fingerprint density at radius 1 is 0.921 bits per heavy atom. The van der Waals surface area contributed by atoms with Crippen LogP contribution in [-0.2, 0) is 15.8 Å². The first kappa shape index (κ1) is 24.9. The molecule has 0 N–H and O–H groups in total. The van der Waals surface area contributed by atoms with Crippen LogP contribution in [0.2, 0.25) is 5.02 Å². The van der Waals surface area contributed by atoms with Gasteiger partial charge in [0.2, 0.25) is 11.8 Å². The molecule has 38 heavy (non-hydrogen) atoms. The Morgan fingerprint density at radius 2 is 1.63 bits per heavy atom. The first-order chi connectivity index (χ1) is 18.1. The molecule has 0 spiro atoms. The van der Waals surface area contributed by atoms with Crippen molar-refractivity contribution in [2.75, 3.05) is 9.80 Å². The van der Waals surface area contributed by atoms with Crippen LogP contribution in [0.5, 0.6) is 0 Å². The molecule has 10 heteroatoms. The van der Waals surface area contributed by atoms with Gasteiger partial charge < -0.3 is 4.90 Å². The van der Waals surface area contributed by atoms with Crippen molar-refractivity contribution in [2.45, 2.75) is 18.3 Å². The van der Waals surface area contributed by atoms with Crippen LogP contribution >= 0.6 is 27.5 Å². The van der Waals surface area contributed by atoms with Gasteiger partial charge in [0.15, 0.2) is 5.78 Å². The molecule has 3 aliphatic heterocycles. The molecule has 0 bridgehead atoms. The molecule has 3 heterocycles. The lowest BCUT2D eigenvalue weighted by Crippen LogP contribution is -2.48. The zero-order valence-corrected chi connectivity index (χ0v) is 21.7. The van der Waals surface area contributed by atoms with Gasteiger partial charge in [0, 0.05) is 20.7 Å². The van der Waals surface area contributed by atoms with E-state index in [0.717, 1.165) is 33.1 Å². The second-order valence-electron chi connectivity index (χ2n) is 9.39. The first-order valence-electron chi connectivity index (χ1n) is 11.7. The molecular formula is C28H17BrClF3N2O3. The summed E-state index contributed by atoms with van der Waals surface area (Å²) in [5.74, 6) is -3.79. The van der Waals surface area contributed by atoms with E-state index in [1.165, 1.54) is 6.07 Å². The smallest absolute Gasteiger partial charge is 0.352 e. The van der Waals surface area contributed by atoms with Gasteiger partial charge in [-0.25, -0.2) is 4.90 Å². The van der Waals surface area contributed by atoms with Gasteiger partial charge >= 0.3 is 6.18 Å². The number of benzene rings is 3. The average molecular weight is 602 g/mol. The molecule has 2 amide bonds. The van der Waals surface area contributed by atoms with Gasteiger partial charge in [-0.2, -0.15) is 13.2 Å². The number of hydrogen-bond donors (Lipinski definition) is 0. The van der Waals surface area contributed by atoms with Gasteiger partial charge in [-0.05, 0) is 48.0 Å². The number of nitrogens with zero attached hydrogens (tertiary/aromatic N) is 2. The molecule has 2 saturated heterocycles. The summed E-state index contributed by atoms with van der Waals surface area (Å²) in [6.45, 7) is 0. The molecule has 6 rings (SSSR count). The van der Waals surface area contributed by atoms with Gasteiger partial charge in [-0.3, -0.25) is 14.4 Å². The third-order valence-electron chi connectivity index (χ3n) is 7.30. The lowest BCUT2D eigenvalue weighted by atomic mass is 9.86. The van der Waals surface area contributed by atoms with E-state index in [-0.39, 0.29) is 11.5 Å². The normalized spacial score (nSPS) is 23.9. The zero-order chi connectivity index (χ0) is 26.9. The summed E-state index contributed by atoms with van der Waals surface area (Å²) in [5, 5.41) is 0.424. The molecule has 4 unspecified atom stereocenters. The van der Waals surface area contributed by atoms with E-state index in [0.29, 0.717) is 16.3 Å². The number of hydrogen-bond acceptors (Lipinski definition) is 4. The van der Waals surface area contributed by atoms with Crippen molar-refractivity contribution in [1.29, 1.82) is 0 Å². The number of carbonyl (C=O) groups excluding carboxylic acids is 3. The summed E-state index contributed by atoms with van der Waals surface area (Å²) >= 11 is 9.63. The van der Waals surface area contributed by atoms with E-state index in [4.69, 9.17) is 11.6 Å². The van der Waals surface area contributed by atoms with Gasteiger partial charge in [-0.1, -0.05) is 63.9 Å². The molecule has 192 valence electrons. The van der Waals surface area contributed by atoms with Crippen molar-refractivity contribution in [2.24, 2.45) is 11.8 Å². The molecule has 0 aromatic heterocycles. The highest BCUT2D eigenvalue weighted by Gasteiger charge is 2.64. The summed E-state index contributed by atoms with van der Waals surface area (Å²) < 4.78 is 40.9. The van der Waals surface area contributed by atoms with Crippen LogP contribution in [0, 0.1) is 11.8 Å². The fraction of sp³-hybridized carbons (Fsp3) is 0.179. The van der Waals surface area contributed by atoms with Gasteiger partial charge in [-0.15, -0.1) is 0 Å². The number of rotatable bonds is 3. The van der Waals surface area contributed by atoms with Crippen molar-refractivity contribution in [3.63, 3.8) is 0 Å². The Bertz CT molecular complexity index is 1540. The Labute approximate surface area is 228 Å². The van der Waals surface area contributed by atoms with E-state index in [2.05, 4.69) is 15.9 Å². The molecular weight excluding hydrogens is 585 g/mol. The predicted molar refractivity (Wildman–Crippen MR) is 140 cm³/mol. The SMILES string of the molecule is O=C(c1ccc(Br)cc1)C1C2C(=O)N(c3cccc(C(F)(F)F)c3)C(=O)C2C2C=Cc3ccc(Cl)cc3N21. The summed E-state index contributed by atoms with van der Waals surface area (Å²) in [7, 11) is 0. The van der Waals surface area contributed by atoms with Gasteiger partial charge in [0.05, 0.1) is 29.1 Å². The van der Waals surface area contributed by atoms with E-state index in [9.17, 15) is 27.6 Å². The zero-order valence-electron chi connectivity index (χ0n) is 19.3. The van der Waals surface area contributed by atoms with Crippen molar-refractivity contribution < 1.29 is 27.6 Å². The number of ketones is 1. The van der Waals surface area contributed by atoms with Gasteiger partial charge in [0.1, 0.15) is 6.04 Å². The fourth-order valence-corrected chi connectivity index (χ4v) is 6.12. The summed E-state index contributed by atoms with van der Waals surface area (Å²) in [6.07, 6.45) is -1.08. The molecule has 0 saturated carbocycles. The summed E-state index contributed by atoms with van der Waals surface area (Å²) in [4.78, 5) is 44.2. The van der Waals surface area contributed by atoms with Crippen molar-refractivity contribution in [1.82, 2.24) is 0 Å². The average Bonchev–Trinajstić information content (AvgIpc) is 3.36. The van der Waals surface area contributed by atoms with Crippen LogP contribution in [0.25, 0.3) is 6.08 Å². The van der Waals surface area contributed by atoms with E-state index in [1.54, 1.807) is 59.5 Å². The lowest BCUT2D eigenvalue weighted by Gasteiger charge is -2.36. The van der Waals surface area contributed by atoms with Crippen LogP contribution < -0.4 is 9.80 Å².